The largest absolute Gasteiger partial charge is 0.481 e. The molecule has 0 radical (unpaired) electrons. The molecule has 1 heterocycles. The van der Waals surface area contributed by atoms with E-state index in [9.17, 15) is 13.2 Å². The van der Waals surface area contributed by atoms with Gasteiger partial charge in [-0.1, -0.05) is 6.92 Å². The van der Waals surface area contributed by atoms with Crippen LogP contribution in [0, 0.1) is 11.8 Å². The van der Waals surface area contributed by atoms with E-state index in [4.69, 9.17) is 5.11 Å². The fourth-order valence-corrected chi connectivity index (χ4v) is 2.87. The van der Waals surface area contributed by atoms with E-state index in [1.54, 1.807) is 13.8 Å². The smallest absolute Gasteiger partial charge is 0.308 e. The number of aliphatic carboxylic acids is 1. The lowest BCUT2D eigenvalue weighted by atomic mass is 9.99. The first-order valence-electron chi connectivity index (χ1n) is 4.59. The molecule has 6 heteroatoms. The van der Waals surface area contributed by atoms with Crippen molar-refractivity contribution in [1.82, 2.24) is 4.31 Å². The zero-order chi connectivity index (χ0) is 10.9. The SMILES string of the molecule is CCS(=O)(=O)N1CC(C)C(C(=O)O)C1. The third-order valence-electron chi connectivity index (χ3n) is 2.65. The van der Waals surface area contributed by atoms with E-state index in [0.29, 0.717) is 6.54 Å². The van der Waals surface area contributed by atoms with Gasteiger partial charge in [-0.3, -0.25) is 4.79 Å². The first kappa shape index (κ1) is 11.5. The van der Waals surface area contributed by atoms with Gasteiger partial charge in [0.15, 0.2) is 0 Å². The van der Waals surface area contributed by atoms with Gasteiger partial charge in [0.25, 0.3) is 0 Å². The summed E-state index contributed by atoms with van der Waals surface area (Å²) in [7, 11) is -3.23. The minimum absolute atomic E-state index is 0.0338. The first-order valence-corrected chi connectivity index (χ1v) is 6.20. The predicted octanol–water partition coefficient (Wildman–Crippen LogP) is -0.0114. The summed E-state index contributed by atoms with van der Waals surface area (Å²) in [6.07, 6.45) is 0. The van der Waals surface area contributed by atoms with Crippen LogP contribution in [0.25, 0.3) is 0 Å². The third-order valence-corrected chi connectivity index (χ3v) is 4.47. The van der Waals surface area contributed by atoms with Crippen LogP contribution >= 0.6 is 0 Å². The predicted molar refractivity (Wildman–Crippen MR) is 51.3 cm³/mol. The van der Waals surface area contributed by atoms with E-state index >= 15 is 0 Å². The van der Waals surface area contributed by atoms with Gasteiger partial charge in [0, 0.05) is 13.1 Å². The summed E-state index contributed by atoms with van der Waals surface area (Å²) in [4.78, 5) is 10.8. The Morgan fingerprint density at radius 1 is 1.50 bits per heavy atom. The van der Waals surface area contributed by atoms with Crippen molar-refractivity contribution in [3.8, 4) is 0 Å². The van der Waals surface area contributed by atoms with Crippen LogP contribution in [0.3, 0.4) is 0 Å². The molecule has 2 unspecified atom stereocenters. The Bertz CT molecular complexity index is 324. The summed E-state index contributed by atoms with van der Waals surface area (Å²) in [5.41, 5.74) is 0. The number of sulfonamides is 1. The maximum absolute atomic E-state index is 11.4. The number of nitrogens with zero attached hydrogens (tertiary/aromatic N) is 1. The van der Waals surface area contributed by atoms with E-state index in [1.807, 2.05) is 0 Å². The van der Waals surface area contributed by atoms with Gasteiger partial charge < -0.3 is 5.11 Å². The third kappa shape index (κ3) is 2.06. The Labute approximate surface area is 83.8 Å². The minimum atomic E-state index is -3.23. The van der Waals surface area contributed by atoms with Crippen molar-refractivity contribution >= 4 is 16.0 Å². The lowest BCUT2D eigenvalue weighted by molar-refractivity contribution is -0.142. The molecule has 1 N–H and O–H groups in total. The first-order chi connectivity index (χ1) is 6.38. The highest BCUT2D eigenvalue weighted by molar-refractivity contribution is 7.89. The molecule has 5 nitrogen and oxygen atoms in total. The molecule has 1 rings (SSSR count). The van der Waals surface area contributed by atoms with E-state index in [1.165, 1.54) is 4.31 Å². The molecule has 0 spiro atoms. The molecular formula is C8H15NO4S. The van der Waals surface area contributed by atoms with Crippen molar-refractivity contribution in [2.75, 3.05) is 18.8 Å². The lowest BCUT2D eigenvalue weighted by Gasteiger charge is -2.13. The summed E-state index contributed by atoms with van der Waals surface area (Å²) in [5, 5.41) is 8.82. The van der Waals surface area contributed by atoms with Crippen LogP contribution in [0.5, 0.6) is 0 Å². The zero-order valence-corrected chi connectivity index (χ0v) is 9.12. The van der Waals surface area contributed by atoms with Crippen LogP contribution < -0.4 is 0 Å². The highest BCUT2D eigenvalue weighted by atomic mass is 32.2. The molecule has 14 heavy (non-hydrogen) atoms. The molecule has 2 atom stereocenters. The standard InChI is InChI=1S/C8H15NO4S/c1-3-14(12,13)9-4-6(2)7(5-9)8(10)11/h6-7H,3-5H2,1-2H3,(H,10,11). The van der Waals surface area contributed by atoms with E-state index in [0.717, 1.165) is 0 Å². The van der Waals surface area contributed by atoms with Crippen molar-refractivity contribution in [3.63, 3.8) is 0 Å². The van der Waals surface area contributed by atoms with Gasteiger partial charge in [0.1, 0.15) is 0 Å². The maximum atomic E-state index is 11.4. The van der Waals surface area contributed by atoms with Crippen molar-refractivity contribution in [2.45, 2.75) is 13.8 Å². The molecule has 1 fully saturated rings. The summed E-state index contributed by atoms with van der Waals surface area (Å²) in [5.74, 6) is -1.54. The Morgan fingerprint density at radius 2 is 2.07 bits per heavy atom. The summed E-state index contributed by atoms with van der Waals surface area (Å²) < 4.78 is 24.2. The van der Waals surface area contributed by atoms with Gasteiger partial charge in [-0.25, -0.2) is 12.7 Å². The lowest BCUT2D eigenvalue weighted by Crippen LogP contribution is -2.31. The maximum Gasteiger partial charge on any atom is 0.308 e. The second-order valence-corrected chi connectivity index (χ2v) is 5.90. The molecule has 0 aromatic rings. The number of carboxylic acid groups (broad SMARTS) is 1. The van der Waals surface area contributed by atoms with Crippen LogP contribution in [0.15, 0.2) is 0 Å². The molecule has 1 aliphatic heterocycles. The van der Waals surface area contributed by atoms with Crippen LogP contribution in [0.2, 0.25) is 0 Å². The summed E-state index contributed by atoms with van der Waals surface area (Å²) >= 11 is 0. The van der Waals surface area contributed by atoms with Crippen molar-refractivity contribution in [2.24, 2.45) is 11.8 Å². The zero-order valence-electron chi connectivity index (χ0n) is 8.30. The minimum Gasteiger partial charge on any atom is -0.481 e. The number of carbonyl (C=O) groups is 1. The van der Waals surface area contributed by atoms with Gasteiger partial charge in [-0.05, 0) is 12.8 Å². The molecule has 0 aliphatic carbocycles. The fourth-order valence-electron chi connectivity index (χ4n) is 1.65. The highest BCUT2D eigenvalue weighted by Gasteiger charge is 2.39. The van der Waals surface area contributed by atoms with Gasteiger partial charge in [0.05, 0.1) is 11.7 Å². The second kappa shape index (κ2) is 3.86. The normalized spacial score (nSPS) is 29.3. The van der Waals surface area contributed by atoms with E-state index < -0.39 is 21.9 Å². The Morgan fingerprint density at radius 3 is 2.43 bits per heavy atom. The molecular weight excluding hydrogens is 206 g/mol. The Hall–Kier alpha value is -0.620. The van der Waals surface area contributed by atoms with Gasteiger partial charge in [-0.15, -0.1) is 0 Å². The highest BCUT2D eigenvalue weighted by Crippen LogP contribution is 2.25. The molecule has 0 aromatic carbocycles. The van der Waals surface area contributed by atoms with Gasteiger partial charge in [0.2, 0.25) is 10.0 Å². The number of hydrogen-bond donors (Lipinski definition) is 1. The number of rotatable bonds is 3. The molecule has 1 saturated heterocycles. The van der Waals surface area contributed by atoms with E-state index in [2.05, 4.69) is 0 Å². The van der Waals surface area contributed by atoms with Crippen molar-refractivity contribution in [1.29, 1.82) is 0 Å². The van der Waals surface area contributed by atoms with Crippen molar-refractivity contribution in [3.05, 3.63) is 0 Å². The second-order valence-electron chi connectivity index (χ2n) is 3.64. The quantitative estimate of drug-likeness (QED) is 0.727. The average Bonchev–Trinajstić information content (AvgIpc) is 2.48. The monoisotopic (exact) mass is 221 g/mol. The molecule has 0 amide bonds. The Balaban J connectivity index is 2.78. The van der Waals surface area contributed by atoms with Crippen LogP contribution in [0.4, 0.5) is 0 Å². The van der Waals surface area contributed by atoms with E-state index in [-0.39, 0.29) is 18.2 Å². The Kier molecular flexibility index (Phi) is 3.16. The molecule has 82 valence electrons. The van der Waals surface area contributed by atoms with Crippen LogP contribution in [-0.2, 0) is 14.8 Å². The van der Waals surface area contributed by atoms with Crippen LogP contribution in [-0.4, -0.2) is 42.6 Å². The van der Waals surface area contributed by atoms with Gasteiger partial charge in [-0.2, -0.15) is 0 Å². The molecule has 0 saturated carbocycles. The summed E-state index contributed by atoms with van der Waals surface area (Å²) in [6.45, 7) is 3.78. The molecule has 1 aliphatic rings. The number of carboxylic acids is 1. The fraction of sp³-hybridized carbons (Fsp3) is 0.875. The summed E-state index contributed by atoms with van der Waals surface area (Å²) in [6, 6.07) is 0. The topological polar surface area (TPSA) is 74.7 Å². The van der Waals surface area contributed by atoms with Crippen LogP contribution in [0.1, 0.15) is 13.8 Å². The van der Waals surface area contributed by atoms with Crippen molar-refractivity contribution < 1.29 is 18.3 Å². The number of hydrogen-bond acceptors (Lipinski definition) is 3. The van der Waals surface area contributed by atoms with Gasteiger partial charge >= 0.3 is 5.97 Å². The molecule has 0 bridgehead atoms. The molecule has 0 aromatic heterocycles. The average molecular weight is 221 g/mol.